The maximum Gasteiger partial charge on any atom is 0.257 e. The van der Waals surface area contributed by atoms with Crippen molar-refractivity contribution in [3.63, 3.8) is 0 Å². The Hall–Kier alpha value is -1.62. The molecule has 2 aliphatic carbocycles. The zero-order valence-electron chi connectivity index (χ0n) is 17.3. The molecule has 150 valence electrons. The minimum Gasteiger partial charge on any atom is -0.371 e. The van der Waals surface area contributed by atoms with E-state index in [2.05, 4.69) is 44.3 Å². The Morgan fingerprint density at radius 1 is 1.22 bits per heavy atom. The van der Waals surface area contributed by atoms with Crippen LogP contribution in [0.25, 0.3) is 0 Å². The lowest BCUT2D eigenvalue weighted by Crippen LogP contribution is -2.53. The molecule has 3 aliphatic rings. The maximum absolute atomic E-state index is 13.1. The summed E-state index contributed by atoms with van der Waals surface area (Å²) in [6, 6.07) is 0. The number of ether oxygens (including phenoxy) is 1. The summed E-state index contributed by atoms with van der Waals surface area (Å²) in [5, 5.41) is 11.3. The summed E-state index contributed by atoms with van der Waals surface area (Å²) in [7, 11) is 1.68. The van der Waals surface area contributed by atoms with Crippen LogP contribution in [0.1, 0.15) is 59.3 Å². The van der Waals surface area contributed by atoms with E-state index in [0.717, 1.165) is 6.42 Å². The first-order valence-electron chi connectivity index (χ1n) is 10.3. The first kappa shape index (κ1) is 20.1. The van der Waals surface area contributed by atoms with E-state index in [-0.39, 0.29) is 29.3 Å². The molecule has 0 spiro atoms. The van der Waals surface area contributed by atoms with Crippen molar-refractivity contribution in [3.05, 3.63) is 24.3 Å². The summed E-state index contributed by atoms with van der Waals surface area (Å²) in [5.41, 5.74) is -0.718. The number of carbonyl (C=O) groups is 1. The van der Waals surface area contributed by atoms with Gasteiger partial charge in [0.1, 0.15) is 5.54 Å². The SMILES string of the molecule is CN1C(=N)NC(COC2C=CC=CC2C(C)(C)C)(CC2CCCCC2)C1=O. The van der Waals surface area contributed by atoms with Crippen LogP contribution in [0.3, 0.4) is 0 Å². The summed E-state index contributed by atoms with van der Waals surface area (Å²) in [4.78, 5) is 14.5. The minimum atomic E-state index is -0.800. The van der Waals surface area contributed by atoms with Gasteiger partial charge in [0.25, 0.3) is 5.91 Å². The van der Waals surface area contributed by atoms with Gasteiger partial charge < -0.3 is 10.1 Å². The second-order valence-electron chi connectivity index (χ2n) is 9.57. The van der Waals surface area contributed by atoms with Gasteiger partial charge in [-0.1, -0.05) is 77.2 Å². The Balaban J connectivity index is 1.75. The first-order chi connectivity index (χ1) is 12.7. The Morgan fingerprint density at radius 2 is 1.89 bits per heavy atom. The molecular weight excluding hydrogens is 338 g/mol. The van der Waals surface area contributed by atoms with Gasteiger partial charge in [-0.2, -0.15) is 0 Å². The molecule has 0 radical (unpaired) electrons. The van der Waals surface area contributed by atoms with Crippen molar-refractivity contribution in [1.82, 2.24) is 10.2 Å². The molecule has 0 aromatic carbocycles. The zero-order chi connectivity index (χ0) is 19.7. The number of nitrogens with zero attached hydrogens (tertiary/aromatic N) is 1. The average Bonchev–Trinajstić information content (AvgIpc) is 2.84. The van der Waals surface area contributed by atoms with Gasteiger partial charge in [0.05, 0.1) is 12.7 Å². The highest BCUT2D eigenvalue weighted by molar-refractivity contribution is 6.07. The van der Waals surface area contributed by atoms with Crippen LogP contribution in [-0.4, -0.2) is 42.1 Å². The predicted molar refractivity (Wildman–Crippen MR) is 109 cm³/mol. The number of rotatable bonds is 5. The molecule has 2 fully saturated rings. The third-order valence-corrected chi connectivity index (χ3v) is 6.38. The summed E-state index contributed by atoms with van der Waals surface area (Å²) in [6.07, 6.45) is 15.2. The fourth-order valence-electron chi connectivity index (χ4n) is 4.73. The quantitative estimate of drug-likeness (QED) is 0.769. The van der Waals surface area contributed by atoms with E-state index in [1.165, 1.54) is 37.0 Å². The molecule has 1 amide bonds. The van der Waals surface area contributed by atoms with Gasteiger partial charge in [0.2, 0.25) is 0 Å². The molecule has 27 heavy (non-hydrogen) atoms. The van der Waals surface area contributed by atoms with Crippen LogP contribution >= 0.6 is 0 Å². The zero-order valence-corrected chi connectivity index (χ0v) is 17.3. The Kier molecular flexibility index (Phi) is 5.80. The van der Waals surface area contributed by atoms with Crippen molar-refractivity contribution >= 4 is 11.9 Å². The topological polar surface area (TPSA) is 65.4 Å². The number of hydrogen-bond acceptors (Lipinski definition) is 3. The van der Waals surface area contributed by atoms with Crippen molar-refractivity contribution < 1.29 is 9.53 Å². The minimum absolute atomic E-state index is 0.0271. The summed E-state index contributed by atoms with van der Waals surface area (Å²) >= 11 is 0. The van der Waals surface area contributed by atoms with E-state index >= 15 is 0 Å². The highest BCUT2D eigenvalue weighted by Crippen LogP contribution is 2.37. The van der Waals surface area contributed by atoms with Gasteiger partial charge in [0, 0.05) is 13.0 Å². The maximum atomic E-state index is 13.1. The van der Waals surface area contributed by atoms with Crippen molar-refractivity contribution in [2.45, 2.75) is 70.9 Å². The monoisotopic (exact) mass is 373 g/mol. The molecule has 1 saturated heterocycles. The third-order valence-electron chi connectivity index (χ3n) is 6.38. The van der Waals surface area contributed by atoms with Gasteiger partial charge in [-0.05, 0) is 17.8 Å². The molecule has 3 unspecified atom stereocenters. The van der Waals surface area contributed by atoms with E-state index in [1.54, 1.807) is 7.05 Å². The van der Waals surface area contributed by atoms with Gasteiger partial charge in [-0.25, -0.2) is 0 Å². The standard InChI is InChI=1S/C22H35N3O2/c1-21(2,3)17-12-8-9-13-18(17)27-15-22(14-16-10-6-5-7-11-16)19(26)25(4)20(23)24-22/h8-9,12-13,16-18H,5-7,10-11,14-15H2,1-4H3,(H2,23,24). The lowest BCUT2D eigenvalue weighted by molar-refractivity contribution is -0.134. The predicted octanol–water partition coefficient (Wildman–Crippen LogP) is 3.87. The molecule has 5 heteroatoms. The van der Waals surface area contributed by atoms with E-state index in [9.17, 15) is 4.79 Å². The van der Waals surface area contributed by atoms with Crippen LogP contribution in [0.5, 0.6) is 0 Å². The lowest BCUT2D eigenvalue weighted by Gasteiger charge is -2.38. The molecular formula is C22H35N3O2. The number of likely N-dealkylation sites (N-methyl/N-ethyl adjacent to an activating group) is 1. The van der Waals surface area contributed by atoms with Crippen LogP contribution in [0.4, 0.5) is 0 Å². The molecule has 3 atom stereocenters. The van der Waals surface area contributed by atoms with Gasteiger partial charge in [0.15, 0.2) is 5.96 Å². The molecule has 1 heterocycles. The smallest absolute Gasteiger partial charge is 0.257 e. The summed E-state index contributed by atoms with van der Waals surface area (Å²) in [6.45, 7) is 6.97. The fraction of sp³-hybridized carbons (Fsp3) is 0.727. The van der Waals surface area contributed by atoms with Crippen LogP contribution in [0, 0.1) is 22.7 Å². The number of allylic oxidation sites excluding steroid dienone is 2. The van der Waals surface area contributed by atoms with Crippen LogP contribution < -0.4 is 5.32 Å². The number of hydrogen-bond donors (Lipinski definition) is 2. The van der Waals surface area contributed by atoms with E-state index in [4.69, 9.17) is 10.1 Å². The third kappa shape index (κ3) is 4.29. The molecule has 0 aromatic rings. The highest BCUT2D eigenvalue weighted by atomic mass is 16.5. The van der Waals surface area contributed by atoms with Gasteiger partial charge in [-0.15, -0.1) is 0 Å². The largest absolute Gasteiger partial charge is 0.371 e. The second kappa shape index (κ2) is 7.78. The van der Waals surface area contributed by atoms with Crippen molar-refractivity contribution in [3.8, 4) is 0 Å². The Bertz CT molecular complexity index is 628. The lowest BCUT2D eigenvalue weighted by atomic mass is 9.75. The summed E-state index contributed by atoms with van der Waals surface area (Å²) < 4.78 is 6.37. The van der Waals surface area contributed by atoms with Crippen molar-refractivity contribution in [2.24, 2.45) is 17.3 Å². The second-order valence-corrected chi connectivity index (χ2v) is 9.57. The molecule has 1 saturated carbocycles. The summed E-state index contributed by atoms with van der Waals surface area (Å²) in [5.74, 6) is 0.952. The molecule has 3 rings (SSSR count). The molecule has 2 N–H and O–H groups in total. The molecule has 0 aromatic heterocycles. The van der Waals surface area contributed by atoms with Crippen molar-refractivity contribution in [1.29, 1.82) is 5.41 Å². The number of nitrogens with one attached hydrogen (secondary N) is 2. The molecule has 0 bridgehead atoms. The fourth-order valence-corrected chi connectivity index (χ4v) is 4.73. The highest BCUT2D eigenvalue weighted by Gasteiger charge is 2.50. The Labute approximate surface area is 163 Å². The number of carbonyl (C=O) groups excluding carboxylic acids is 1. The van der Waals surface area contributed by atoms with E-state index < -0.39 is 5.54 Å². The van der Waals surface area contributed by atoms with E-state index in [1.807, 2.05) is 6.08 Å². The normalized spacial score (nSPS) is 32.2. The Morgan fingerprint density at radius 3 is 2.48 bits per heavy atom. The van der Waals surface area contributed by atoms with Crippen molar-refractivity contribution in [2.75, 3.05) is 13.7 Å². The van der Waals surface area contributed by atoms with Crippen LogP contribution in [-0.2, 0) is 9.53 Å². The van der Waals surface area contributed by atoms with Gasteiger partial charge >= 0.3 is 0 Å². The number of guanidine groups is 1. The first-order valence-corrected chi connectivity index (χ1v) is 10.3. The van der Waals surface area contributed by atoms with Gasteiger partial charge in [-0.3, -0.25) is 15.1 Å². The number of amides is 1. The molecule has 1 aliphatic heterocycles. The molecule has 5 nitrogen and oxygen atoms in total. The average molecular weight is 374 g/mol. The van der Waals surface area contributed by atoms with Crippen LogP contribution in [0.15, 0.2) is 24.3 Å². The van der Waals surface area contributed by atoms with Crippen LogP contribution in [0.2, 0.25) is 0 Å². The van der Waals surface area contributed by atoms with E-state index in [0.29, 0.717) is 12.5 Å².